The van der Waals surface area contributed by atoms with Crippen LogP contribution in [-0.2, 0) is 10.0 Å². The molecule has 0 radical (unpaired) electrons. The molecule has 1 rings (SSSR count). The average Bonchev–Trinajstić information content (AvgIpc) is 2.37. The van der Waals surface area contributed by atoms with Gasteiger partial charge in [0, 0.05) is 10.7 Å². The fourth-order valence-corrected chi connectivity index (χ4v) is 2.16. The number of urea groups is 1. The lowest BCUT2D eigenvalue weighted by Crippen LogP contribution is -2.39. The summed E-state index contributed by atoms with van der Waals surface area (Å²) in [5.41, 5.74) is 0.0360. The van der Waals surface area contributed by atoms with Crippen LogP contribution in [0.1, 0.15) is 29.4 Å². The van der Waals surface area contributed by atoms with Gasteiger partial charge in [0.25, 0.3) is 10.0 Å². The lowest BCUT2D eigenvalue weighted by Gasteiger charge is -2.08. The Morgan fingerprint density at radius 2 is 2.00 bits per heavy atom. The SMILES string of the molecule is [2H]C([2H])([2H])c1ccc(S(=O)(=O)NC(=O)NCCCC)cc1. The van der Waals surface area contributed by atoms with E-state index in [9.17, 15) is 13.2 Å². The molecule has 1 aromatic carbocycles. The number of benzene rings is 1. The van der Waals surface area contributed by atoms with Crippen molar-refractivity contribution in [2.75, 3.05) is 6.54 Å². The van der Waals surface area contributed by atoms with E-state index in [1.165, 1.54) is 12.1 Å². The summed E-state index contributed by atoms with van der Waals surface area (Å²) < 4.78 is 47.4. The third kappa shape index (κ3) is 4.37. The Labute approximate surface area is 112 Å². The predicted molar refractivity (Wildman–Crippen MR) is 69.8 cm³/mol. The van der Waals surface area contributed by atoms with Crippen molar-refractivity contribution in [3.63, 3.8) is 0 Å². The highest BCUT2D eigenvalue weighted by Gasteiger charge is 2.16. The van der Waals surface area contributed by atoms with Gasteiger partial charge in [-0.2, -0.15) is 0 Å². The first-order valence-corrected chi connectivity index (χ1v) is 7.06. The summed E-state index contributed by atoms with van der Waals surface area (Å²) in [6.07, 6.45) is 1.63. The van der Waals surface area contributed by atoms with E-state index < -0.39 is 22.9 Å². The van der Waals surface area contributed by atoms with Gasteiger partial charge in [-0.25, -0.2) is 17.9 Å². The second kappa shape index (κ2) is 6.39. The van der Waals surface area contributed by atoms with Crippen LogP contribution in [0, 0.1) is 6.85 Å². The summed E-state index contributed by atoms with van der Waals surface area (Å²) in [5.74, 6) is 0. The second-order valence-corrected chi connectivity index (χ2v) is 5.42. The molecule has 0 aliphatic heterocycles. The summed E-state index contributed by atoms with van der Waals surface area (Å²) in [4.78, 5) is 11.3. The number of rotatable bonds is 5. The first-order chi connectivity index (χ1) is 9.66. The maximum absolute atomic E-state index is 11.9. The van der Waals surface area contributed by atoms with Crippen LogP contribution in [-0.4, -0.2) is 21.0 Å². The summed E-state index contributed by atoms with van der Waals surface area (Å²) >= 11 is 0. The van der Waals surface area contributed by atoms with Gasteiger partial charge in [-0.1, -0.05) is 31.0 Å². The molecule has 0 spiro atoms. The zero-order valence-electron chi connectivity index (χ0n) is 13.1. The molecule has 0 aromatic heterocycles. The number of aryl methyl sites for hydroxylation is 1. The molecule has 0 saturated heterocycles. The van der Waals surface area contributed by atoms with Crippen molar-refractivity contribution in [2.24, 2.45) is 0 Å². The molecule has 0 aliphatic rings. The summed E-state index contributed by atoms with van der Waals surface area (Å²) in [5, 5.41) is 2.43. The van der Waals surface area contributed by atoms with Crippen LogP contribution in [0.15, 0.2) is 29.2 Å². The average molecular weight is 273 g/mol. The standard InChI is InChI=1S/C12H18N2O3S/c1-3-4-9-13-12(15)14-18(16,17)11-7-5-10(2)6-8-11/h5-8H,3-4,9H2,1-2H3,(H2,13,14,15)/i2D3. The van der Waals surface area contributed by atoms with Gasteiger partial charge in [0.1, 0.15) is 0 Å². The number of carbonyl (C=O) groups excluding carboxylic acids is 1. The highest BCUT2D eigenvalue weighted by molar-refractivity contribution is 7.90. The highest BCUT2D eigenvalue weighted by atomic mass is 32.2. The highest BCUT2D eigenvalue weighted by Crippen LogP contribution is 2.09. The largest absolute Gasteiger partial charge is 0.337 e. The fraction of sp³-hybridized carbons (Fsp3) is 0.417. The molecule has 100 valence electrons. The molecule has 2 amide bonds. The van der Waals surface area contributed by atoms with E-state index in [2.05, 4.69) is 5.32 Å². The molecule has 5 nitrogen and oxygen atoms in total. The third-order valence-electron chi connectivity index (χ3n) is 2.21. The van der Waals surface area contributed by atoms with Crippen molar-refractivity contribution in [3.05, 3.63) is 29.8 Å². The van der Waals surface area contributed by atoms with Gasteiger partial charge in [-0.15, -0.1) is 0 Å². The number of unbranched alkanes of at least 4 members (excludes halogenated alkanes) is 1. The molecular weight excluding hydrogens is 252 g/mol. The second-order valence-electron chi connectivity index (χ2n) is 3.74. The molecule has 0 aliphatic carbocycles. The number of carbonyl (C=O) groups is 1. The van der Waals surface area contributed by atoms with Crippen LogP contribution < -0.4 is 10.0 Å². The first kappa shape index (κ1) is 10.4. The molecule has 6 heteroatoms. The summed E-state index contributed by atoms with van der Waals surface area (Å²) in [6, 6.07) is 3.92. The van der Waals surface area contributed by atoms with Crippen molar-refractivity contribution in [1.29, 1.82) is 0 Å². The Balaban J connectivity index is 2.77. The van der Waals surface area contributed by atoms with Crippen molar-refractivity contribution in [3.8, 4) is 0 Å². The summed E-state index contributed by atoms with van der Waals surface area (Å²) in [6.45, 7) is 0.0336. The molecule has 18 heavy (non-hydrogen) atoms. The lowest BCUT2D eigenvalue weighted by atomic mass is 10.2. The van der Waals surface area contributed by atoms with Gasteiger partial charge >= 0.3 is 6.03 Å². The number of sulfonamides is 1. The van der Waals surface area contributed by atoms with E-state index in [0.717, 1.165) is 25.0 Å². The molecule has 0 saturated carbocycles. The number of hydrogen-bond donors (Lipinski definition) is 2. The number of amides is 2. The van der Waals surface area contributed by atoms with E-state index in [1.807, 2.05) is 11.6 Å². The van der Waals surface area contributed by atoms with Gasteiger partial charge in [0.2, 0.25) is 0 Å². The van der Waals surface area contributed by atoms with E-state index in [1.54, 1.807) is 0 Å². The van der Waals surface area contributed by atoms with E-state index in [0.29, 0.717) is 6.54 Å². The maximum Gasteiger partial charge on any atom is 0.328 e. The quantitative estimate of drug-likeness (QED) is 0.803. The van der Waals surface area contributed by atoms with Gasteiger partial charge in [0.05, 0.1) is 4.90 Å². The van der Waals surface area contributed by atoms with E-state index in [4.69, 9.17) is 4.11 Å². The van der Waals surface area contributed by atoms with Crippen LogP contribution >= 0.6 is 0 Å². The molecule has 1 aromatic rings. The topological polar surface area (TPSA) is 75.3 Å². The Morgan fingerprint density at radius 3 is 2.56 bits per heavy atom. The first-order valence-electron chi connectivity index (χ1n) is 7.08. The minimum Gasteiger partial charge on any atom is -0.337 e. The summed E-state index contributed by atoms with van der Waals surface area (Å²) in [7, 11) is -4.00. The smallest absolute Gasteiger partial charge is 0.328 e. The normalized spacial score (nSPS) is 14.2. The molecular formula is C12H18N2O3S. The van der Waals surface area contributed by atoms with Gasteiger partial charge in [-0.3, -0.25) is 0 Å². The minimum atomic E-state index is -4.00. The zero-order valence-corrected chi connectivity index (χ0v) is 10.9. The fourth-order valence-electron chi connectivity index (χ4n) is 1.23. The molecule has 0 atom stereocenters. The van der Waals surface area contributed by atoms with Crippen molar-refractivity contribution < 1.29 is 17.3 Å². The van der Waals surface area contributed by atoms with Crippen LogP contribution in [0.4, 0.5) is 4.79 Å². The van der Waals surface area contributed by atoms with Gasteiger partial charge in [-0.05, 0) is 25.4 Å². The number of hydrogen-bond acceptors (Lipinski definition) is 3. The predicted octanol–water partition coefficient (Wildman–Crippen LogP) is 1.78. The van der Waals surface area contributed by atoms with E-state index >= 15 is 0 Å². The van der Waals surface area contributed by atoms with E-state index in [-0.39, 0.29) is 10.5 Å². The van der Waals surface area contributed by atoms with Crippen LogP contribution in [0.25, 0.3) is 0 Å². The maximum atomic E-state index is 11.9. The Morgan fingerprint density at radius 1 is 1.33 bits per heavy atom. The molecule has 0 fully saturated rings. The Hall–Kier alpha value is -1.56. The van der Waals surface area contributed by atoms with Gasteiger partial charge < -0.3 is 5.32 Å². The van der Waals surface area contributed by atoms with Crippen molar-refractivity contribution in [1.82, 2.24) is 10.0 Å². The van der Waals surface area contributed by atoms with Gasteiger partial charge in [0.15, 0.2) is 0 Å². The molecule has 0 heterocycles. The van der Waals surface area contributed by atoms with Crippen molar-refractivity contribution in [2.45, 2.75) is 31.5 Å². The molecule has 2 N–H and O–H groups in total. The van der Waals surface area contributed by atoms with Crippen LogP contribution in [0.3, 0.4) is 0 Å². The van der Waals surface area contributed by atoms with Crippen LogP contribution in [0.5, 0.6) is 0 Å². The lowest BCUT2D eigenvalue weighted by molar-refractivity contribution is 0.245. The Bertz CT molecular complexity index is 583. The molecule has 0 unspecified atom stereocenters. The minimum absolute atomic E-state index is 0.0360. The monoisotopic (exact) mass is 273 g/mol. The molecule has 0 bridgehead atoms. The Kier molecular flexibility index (Phi) is 3.68. The third-order valence-corrected chi connectivity index (χ3v) is 3.55. The van der Waals surface area contributed by atoms with Crippen molar-refractivity contribution >= 4 is 16.1 Å². The van der Waals surface area contributed by atoms with Crippen LogP contribution in [0.2, 0.25) is 0 Å². The number of nitrogens with one attached hydrogen (secondary N) is 2. The zero-order chi connectivity index (χ0) is 16.1.